The lowest BCUT2D eigenvalue weighted by atomic mass is 10.2. The Morgan fingerprint density at radius 3 is 2.28 bits per heavy atom. The predicted molar refractivity (Wildman–Crippen MR) is 95.1 cm³/mol. The molecule has 0 unspecified atom stereocenters. The van der Waals surface area contributed by atoms with Gasteiger partial charge in [0, 0.05) is 14.1 Å². The first-order chi connectivity index (χ1) is 11.6. The van der Waals surface area contributed by atoms with Gasteiger partial charge in [0.15, 0.2) is 0 Å². The maximum absolute atomic E-state index is 13.2. The number of anilines is 1. The van der Waals surface area contributed by atoms with Gasteiger partial charge in [-0.15, -0.1) is 0 Å². The molecule has 0 radical (unpaired) electrons. The number of halogens is 2. The SMILES string of the molecule is Cc1cc2c(cc1S(=O)(=O)Nc1ccc(F)c(Cl)c1)n(C)c(=O)n2C. The maximum atomic E-state index is 13.2. The minimum atomic E-state index is -3.94. The fourth-order valence-electron chi connectivity index (χ4n) is 2.69. The minimum Gasteiger partial charge on any atom is -0.295 e. The van der Waals surface area contributed by atoms with E-state index in [4.69, 9.17) is 11.6 Å². The van der Waals surface area contributed by atoms with E-state index in [1.54, 1.807) is 27.1 Å². The molecule has 1 aromatic heterocycles. The summed E-state index contributed by atoms with van der Waals surface area (Å²) in [5.74, 6) is -0.637. The van der Waals surface area contributed by atoms with Crippen molar-refractivity contribution in [3.63, 3.8) is 0 Å². The van der Waals surface area contributed by atoms with Crippen LogP contribution in [0.15, 0.2) is 40.0 Å². The Balaban J connectivity index is 2.13. The van der Waals surface area contributed by atoms with E-state index in [2.05, 4.69) is 4.72 Å². The summed E-state index contributed by atoms with van der Waals surface area (Å²) in [5.41, 5.74) is 1.51. The van der Waals surface area contributed by atoms with Crippen LogP contribution < -0.4 is 10.4 Å². The first-order valence-electron chi connectivity index (χ1n) is 7.26. The molecule has 0 saturated carbocycles. The van der Waals surface area contributed by atoms with E-state index in [-0.39, 0.29) is 21.3 Å². The molecular weight excluding hydrogens is 369 g/mol. The molecule has 1 N–H and O–H groups in total. The molecule has 0 fully saturated rings. The van der Waals surface area contributed by atoms with E-state index in [0.717, 1.165) is 6.07 Å². The largest absolute Gasteiger partial charge is 0.328 e. The average molecular weight is 384 g/mol. The van der Waals surface area contributed by atoms with E-state index in [0.29, 0.717) is 16.6 Å². The minimum absolute atomic E-state index is 0.0293. The van der Waals surface area contributed by atoms with Gasteiger partial charge in [0.1, 0.15) is 5.82 Å². The highest BCUT2D eigenvalue weighted by molar-refractivity contribution is 7.92. The fraction of sp³-hybridized carbons (Fsp3) is 0.188. The van der Waals surface area contributed by atoms with Crippen molar-refractivity contribution < 1.29 is 12.8 Å². The van der Waals surface area contributed by atoms with Crippen LogP contribution in [0, 0.1) is 12.7 Å². The zero-order chi connectivity index (χ0) is 18.5. The number of aromatic nitrogens is 2. The molecular formula is C16H15ClFN3O3S. The summed E-state index contributed by atoms with van der Waals surface area (Å²) in [7, 11) is -0.746. The summed E-state index contributed by atoms with van der Waals surface area (Å²) < 4.78 is 43.9. The second kappa shape index (κ2) is 5.89. The fourth-order valence-corrected chi connectivity index (χ4v) is 4.17. The van der Waals surface area contributed by atoms with Gasteiger partial charge < -0.3 is 0 Å². The summed E-state index contributed by atoms with van der Waals surface area (Å²) in [5, 5.41) is -0.183. The summed E-state index contributed by atoms with van der Waals surface area (Å²) in [4.78, 5) is 12.1. The van der Waals surface area contributed by atoms with Gasteiger partial charge >= 0.3 is 5.69 Å². The van der Waals surface area contributed by atoms with Gasteiger partial charge in [-0.1, -0.05) is 11.6 Å². The number of hydrogen-bond acceptors (Lipinski definition) is 3. The molecule has 0 amide bonds. The second-order valence-electron chi connectivity index (χ2n) is 5.74. The van der Waals surface area contributed by atoms with Crippen LogP contribution in [0.5, 0.6) is 0 Å². The molecule has 3 aromatic rings. The van der Waals surface area contributed by atoms with Crippen molar-refractivity contribution in [1.82, 2.24) is 9.13 Å². The monoisotopic (exact) mass is 383 g/mol. The second-order valence-corrected chi connectivity index (χ2v) is 7.80. The van der Waals surface area contributed by atoms with Crippen LogP contribution in [0.1, 0.15) is 5.56 Å². The zero-order valence-corrected chi connectivity index (χ0v) is 15.2. The van der Waals surface area contributed by atoms with Crippen molar-refractivity contribution in [2.45, 2.75) is 11.8 Å². The summed E-state index contributed by atoms with van der Waals surface area (Å²) in [6, 6.07) is 6.64. The Morgan fingerprint density at radius 1 is 1.08 bits per heavy atom. The summed E-state index contributed by atoms with van der Waals surface area (Å²) >= 11 is 5.69. The summed E-state index contributed by atoms with van der Waals surface area (Å²) in [6.45, 7) is 1.64. The maximum Gasteiger partial charge on any atom is 0.328 e. The molecule has 0 aliphatic heterocycles. The Labute approximate surface area is 148 Å². The topological polar surface area (TPSA) is 73.1 Å². The molecule has 0 aliphatic rings. The van der Waals surface area contributed by atoms with Gasteiger partial charge in [0.05, 0.1) is 26.6 Å². The molecule has 25 heavy (non-hydrogen) atoms. The Kier molecular flexibility index (Phi) is 4.12. The van der Waals surface area contributed by atoms with E-state index in [9.17, 15) is 17.6 Å². The van der Waals surface area contributed by atoms with Crippen LogP contribution in [-0.4, -0.2) is 17.6 Å². The molecule has 0 spiro atoms. The number of fused-ring (bicyclic) bond motifs is 1. The lowest BCUT2D eigenvalue weighted by molar-refractivity contribution is 0.600. The third-order valence-corrected chi connectivity index (χ3v) is 5.84. The van der Waals surface area contributed by atoms with Crippen LogP contribution in [0.3, 0.4) is 0 Å². The van der Waals surface area contributed by atoms with Crippen molar-refractivity contribution in [3.05, 3.63) is 57.2 Å². The molecule has 0 atom stereocenters. The van der Waals surface area contributed by atoms with Crippen molar-refractivity contribution in [2.24, 2.45) is 14.1 Å². The number of imidazole rings is 1. The lowest BCUT2D eigenvalue weighted by Crippen LogP contribution is -2.19. The number of aryl methyl sites for hydroxylation is 3. The van der Waals surface area contributed by atoms with Crippen LogP contribution in [0.4, 0.5) is 10.1 Å². The smallest absolute Gasteiger partial charge is 0.295 e. The van der Waals surface area contributed by atoms with Crippen LogP contribution in [0.2, 0.25) is 5.02 Å². The van der Waals surface area contributed by atoms with Crippen molar-refractivity contribution in [3.8, 4) is 0 Å². The standard InChI is InChI=1S/C16H15ClFN3O3S/c1-9-6-13-14(21(3)16(22)20(13)2)8-15(9)25(23,24)19-10-4-5-12(18)11(17)7-10/h4-8,19H,1-3H3. The lowest BCUT2D eigenvalue weighted by Gasteiger charge is -2.11. The molecule has 3 rings (SSSR count). The zero-order valence-electron chi connectivity index (χ0n) is 13.7. The predicted octanol–water partition coefficient (Wildman–Crippen LogP) is 2.78. The first-order valence-corrected chi connectivity index (χ1v) is 9.12. The molecule has 9 heteroatoms. The average Bonchev–Trinajstić information content (AvgIpc) is 2.74. The molecule has 0 saturated heterocycles. The third kappa shape index (κ3) is 2.91. The quantitative estimate of drug-likeness (QED) is 0.755. The molecule has 0 bridgehead atoms. The van der Waals surface area contributed by atoms with Crippen molar-refractivity contribution in [2.75, 3.05) is 4.72 Å². The van der Waals surface area contributed by atoms with E-state index in [1.165, 1.54) is 27.3 Å². The van der Waals surface area contributed by atoms with Gasteiger partial charge in [-0.3, -0.25) is 13.9 Å². The van der Waals surface area contributed by atoms with Crippen molar-refractivity contribution >= 4 is 38.3 Å². The molecule has 1 heterocycles. The van der Waals surface area contributed by atoms with Gasteiger partial charge in [-0.2, -0.15) is 0 Å². The molecule has 2 aromatic carbocycles. The number of sulfonamides is 1. The molecule has 132 valence electrons. The number of nitrogens with one attached hydrogen (secondary N) is 1. The number of nitrogens with zero attached hydrogens (tertiary/aromatic N) is 2. The number of rotatable bonds is 3. The van der Waals surface area contributed by atoms with Gasteiger partial charge in [-0.05, 0) is 42.8 Å². The van der Waals surface area contributed by atoms with Gasteiger partial charge in [0.25, 0.3) is 10.0 Å². The number of hydrogen-bond donors (Lipinski definition) is 1. The van der Waals surface area contributed by atoms with E-state index >= 15 is 0 Å². The normalized spacial score (nSPS) is 11.9. The van der Waals surface area contributed by atoms with Crippen molar-refractivity contribution in [1.29, 1.82) is 0 Å². The van der Waals surface area contributed by atoms with Gasteiger partial charge in [0.2, 0.25) is 0 Å². The Hall–Kier alpha value is -2.32. The molecule has 0 aliphatic carbocycles. The third-order valence-electron chi connectivity index (χ3n) is 4.03. The Bertz CT molecular complexity index is 1170. The van der Waals surface area contributed by atoms with E-state index < -0.39 is 15.8 Å². The van der Waals surface area contributed by atoms with Crippen LogP contribution in [-0.2, 0) is 24.1 Å². The summed E-state index contributed by atoms with van der Waals surface area (Å²) in [6.07, 6.45) is 0. The van der Waals surface area contributed by atoms with E-state index in [1.807, 2.05) is 0 Å². The van der Waals surface area contributed by atoms with Crippen LogP contribution >= 0.6 is 11.6 Å². The number of benzene rings is 2. The Morgan fingerprint density at radius 2 is 1.68 bits per heavy atom. The molecule has 6 nitrogen and oxygen atoms in total. The first kappa shape index (κ1) is 17.5. The highest BCUT2D eigenvalue weighted by atomic mass is 35.5. The van der Waals surface area contributed by atoms with Gasteiger partial charge in [-0.25, -0.2) is 17.6 Å². The highest BCUT2D eigenvalue weighted by Crippen LogP contribution is 2.26. The highest BCUT2D eigenvalue weighted by Gasteiger charge is 2.20. The van der Waals surface area contributed by atoms with Crippen LogP contribution in [0.25, 0.3) is 11.0 Å².